The van der Waals surface area contributed by atoms with Gasteiger partial charge >= 0.3 is 0 Å². The Balaban J connectivity index is 1.79. The van der Waals surface area contributed by atoms with Gasteiger partial charge in [-0.25, -0.2) is 4.98 Å². The van der Waals surface area contributed by atoms with Crippen molar-refractivity contribution in [1.29, 1.82) is 0 Å². The molecular formula is C21H31N3O4. The standard InChI is InChI=1S/C21H31N3O4/c1-5-24(6-2)12-14-27-13-11-22-20(25)15-18-16(3)28-21(23-18)17-9-7-8-10-19(17)26-4/h7-10H,5-6,11-15H2,1-4H3,(H,22,25). The molecule has 1 aromatic heterocycles. The second-order valence-electron chi connectivity index (χ2n) is 6.39. The summed E-state index contributed by atoms with van der Waals surface area (Å²) in [7, 11) is 1.60. The van der Waals surface area contributed by atoms with Crippen molar-refractivity contribution in [2.45, 2.75) is 27.2 Å². The molecule has 0 radical (unpaired) electrons. The van der Waals surface area contributed by atoms with Crippen LogP contribution in [0.15, 0.2) is 28.7 Å². The summed E-state index contributed by atoms with van der Waals surface area (Å²) in [4.78, 5) is 19.0. The van der Waals surface area contributed by atoms with Gasteiger partial charge in [0.1, 0.15) is 11.5 Å². The maximum absolute atomic E-state index is 12.2. The highest BCUT2D eigenvalue weighted by Gasteiger charge is 2.17. The number of carbonyl (C=O) groups is 1. The van der Waals surface area contributed by atoms with Gasteiger partial charge in [0.25, 0.3) is 0 Å². The maximum atomic E-state index is 12.2. The van der Waals surface area contributed by atoms with Gasteiger partial charge in [-0.2, -0.15) is 0 Å². The van der Waals surface area contributed by atoms with E-state index in [1.807, 2.05) is 31.2 Å². The zero-order chi connectivity index (χ0) is 20.4. The minimum absolute atomic E-state index is 0.102. The minimum atomic E-state index is -0.102. The number of carbonyl (C=O) groups excluding carboxylic acids is 1. The second-order valence-corrected chi connectivity index (χ2v) is 6.39. The quantitative estimate of drug-likeness (QED) is 0.563. The Hall–Kier alpha value is -2.38. The number of para-hydroxylation sites is 1. The number of nitrogens with one attached hydrogen (secondary N) is 1. The highest BCUT2D eigenvalue weighted by molar-refractivity contribution is 5.78. The van der Waals surface area contributed by atoms with Crippen LogP contribution in [0.2, 0.25) is 0 Å². The fourth-order valence-electron chi connectivity index (χ4n) is 2.84. The molecule has 0 spiro atoms. The van der Waals surface area contributed by atoms with E-state index in [2.05, 4.69) is 29.0 Å². The lowest BCUT2D eigenvalue weighted by atomic mass is 10.2. The number of aromatic nitrogens is 1. The van der Waals surface area contributed by atoms with Crippen LogP contribution in [0.25, 0.3) is 11.5 Å². The van der Waals surface area contributed by atoms with E-state index in [0.717, 1.165) is 25.2 Å². The summed E-state index contributed by atoms with van der Waals surface area (Å²) in [5.41, 5.74) is 1.39. The Morgan fingerprint density at radius 1 is 1.21 bits per heavy atom. The molecule has 0 aliphatic carbocycles. The molecule has 1 aromatic carbocycles. The number of amides is 1. The largest absolute Gasteiger partial charge is 0.496 e. The van der Waals surface area contributed by atoms with Crippen LogP contribution in [0, 0.1) is 6.92 Å². The molecule has 154 valence electrons. The average molecular weight is 389 g/mol. The molecule has 7 nitrogen and oxygen atoms in total. The lowest BCUT2D eigenvalue weighted by Crippen LogP contribution is -2.31. The number of likely N-dealkylation sites (N-methyl/N-ethyl adjacent to an activating group) is 1. The van der Waals surface area contributed by atoms with Gasteiger partial charge in [-0.3, -0.25) is 4.79 Å². The van der Waals surface area contributed by atoms with Crippen molar-refractivity contribution in [3.05, 3.63) is 35.7 Å². The first-order valence-electron chi connectivity index (χ1n) is 9.75. The van der Waals surface area contributed by atoms with Gasteiger partial charge in [0.2, 0.25) is 11.8 Å². The molecule has 0 atom stereocenters. The summed E-state index contributed by atoms with van der Waals surface area (Å²) >= 11 is 0. The van der Waals surface area contributed by atoms with Gasteiger partial charge in [0.05, 0.1) is 38.0 Å². The van der Waals surface area contributed by atoms with Crippen LogP contribution in [-0.4, -0.2) is 62.3 Å². The third-order valence-electron chi connectivity index (χ3n) is 4.57. The monoisotopic (exact) mass is 389 g/mol. The number of ether oxygens (including phenoxy) is 2. The number of methoxy groups -OCH3 is 1. The SMILES string of the molecule is CCN(CC)CCOCCNC(=O)Cc1nc(-c2ccccc2OC)oc1C. The van der Waals surface area contributed by atoms with Crippen LogP contribution in [0.1, 0.15) is 25.3 Å². The van der Waals surface area contributed by atoms with Crippen LogP contribution in [0.3, 0.4) is 0 Å². The van der Waals surface area contributed by atoms with E-state index in [-0.39, 0.29) is 12.3 Å². The Bertz CT molecular complexity index is 741. The van der Waals surface area contributed by atoms with Gasteiger partial charge in [-0.1, -0.05) is 26.0 Å². The lowest BCUT2D eigenvalue weighted by Gasteiger charge is -2.17. The third kappa shape index (κ3) is 6.35. The smallest absolute Gasteiger partial charge is 0.230 e. The number of benzene rings is 1. The predicted octanol–water partition coefficient (Wildman–Crippen LogP) is 2.68. The van der Waals surface area contributed by atoms with Crippen molar-refractivity contribution in [1.82, 2.24) is 15.2 Å². The van der Waals surface area contributed by atoms with E-state index in [9.17, 15) is 4.79 Å². The predicted molar refractivity (Wildman–Crippen MR) is 109 cm³/mol. The number of hydrogen-bond acceptors (Lipinski definition) is 6. The Labute approximate surface area is 167 Å². The maximum Gasteiger partial charge on any atom is 0.230 e. The highest BCUT2D eigenvalue weighted by Crippen LogP contribution is 2.30. The Kier molecular flexibility index (Phi) is 8.97. The number of rotatable bonds is 12. The van der Waals surface area contributed by atoms with Gasteiger partial charge in [0, 0.05) is 13.1 Å². The van der Waals surface area contributed by atoms with Crippen LogP contribution in [0.5, 0.6) is 5.75 Å². The first-order chi connectivity index (χ1) is 13.6. The zero-order valence-corrected chi connectivity index (χ0v) is 17.3. The van der Waals surface area contributed by atoms with E-state index in [1.165, 1.54) is 0 Å². The normalized spacial score (nSPS) is 11.0. The van der Waals surface area contributed by atoms with Crippen molar-refractivity contribution in [3.8, 4) is 17.2 Å². The summed E-state index contributed by atoms with van der Waals surface area (Å²) in [5.74, 6) is 1.67. The second kappa shape index (κ2) is 11.5. The van der Waals surface area contributed by atoms with Gasteiger partial charge < -0.3 is 24.1 Å². The van der Waals surface area contributed by atoms with Crippen LogP contribution in [-0.2, 0) is 16.0 Å². The van der Waals surface area contributed by atoms with E-state index in [4.69, 9.17) is 13.9 Å². The Morgan fingerprint density at radius 3 is 2.68 bits per heavy atom. The lowest BCUT2D eigenvalue weighted by molar-refractivity contribution is -0.120. The molecule has 2 aromatic rings. The van der Waals surface area contributed by atoms with Crippen LogP contribution < -0.4 is 10.1 Å². The van der Waals surface area contributed by atoms with Crippen molar-refractivity contribution in [2.24, 2.45) is 0 Å². The summed E-state index contributed by atoms with van der Waals surface area (Å²) in [5, 5.41) is 2.86. The molecule has 0 aliphatic rings. The summed E-state index contributed by atoms with van der Waals surface area (Å²) < 4.78 is 16.7. The molecule has 0 unspecified atom stereocenters. The van der Waals surface area contributed by atoms with Crippen molar-refractivity contribution < 1.29 is 18.7 Å². The van der Waals surface area contributed by atoms with Crippen molar-refractivity contribution in [2.75, 3.05) is 46.5 Å². The highest BCUT2D eigenvalue weighted by atomic mass is 16.5. The average Bonchev–Trinajstić information content (AvgIpc) is 3.07. The molecular weight excluding hydrogens is 358 g/mol. The first kappa shape index (κ1) is 21.9. The Morgan fingerprint density at radius 2 is 1.96 bits per heavy atom. The first-order valence-corrected chi connectivity index (χ1v) is 9.75. The summed E-state index contributed by atoms with van der Waals surface area (Å²) in [6, 6.07) is 7.51. The molecule has 1 heterocycles. The van der Waals surface area contributed by atoms with E-state index in [1.54, 1.807) is 7.11 Å². The van der Waals surface area contributed by atoms with Gasteiger partial charge in [-0.15, -0.1) is 0 Å². The number of nitrogens with zero attached hydrogens (tertiary/aromatic N) is 2. The number of oxazole rings is 1. The van der Waals surface area contributed by atoms with Gasteiger partial charge in [-0.05, 0) is 32.1 Å². The van der Waals surface area contributed by atoms with Crippen LogP contribution >= 0.6 is 0 Å². The molecule has 7 heteroatoms. The summed E-state index contributed by atoms with van der Waals surface area (Å²) in [6.07, 6.45) is 0.171. The van der Waals surface area contributed by atoms with Crippen molar-refractivity contribution >= 4 is 5.91 Å². The molecule has 0 saturated heterocycles. The molecule has 0 saturated carbocycles. The van der Waals surface area contributed by atoms with E-state index in [0.29, 0.717) is 42.9 Å². The minimum Gasteiger partial charge on any atom is -0.496 e. The molecule has 2 rings (SSSR count). The molecule has 1 N–H and O–H groups in total. The number of aryl methyl sites for hydroxylation is 1. The molecule has 0 bridgehead atoms. The fourth-order valence-corrected chi connectivity index (χ4v) is 2.84. The topological polar surface area (TPSA) is 76.8 Å². The van der Waals surface area contributed by atoms with Gasteiger partial charge in [0.15, 0.2) is 0 Å². The van der Waals surface area contributed by atoms with Crippen LogP contribution in [0.4, 0.5) is 0 Å². The van der Waals surface area contributed by atoms with E-state index < -0.39 is 0 Å². The fraction of sp³-hybridized carbons (Fsp3) is 0.524. The molecule has 28 heavy (non-hydrogen) atoms. The zero-order valence-electron chi connectivity index (χ0n) is 17.3. The third-order valence-corrected chi connectivity index (χ3v) is 4.57. The molecule has 0 aliphatic heterocycles. The molecule has 1 amide bonds. The summed E-state index contributed by atoms with van der Waals surface area (Å²) in [6.45, 7) is 10.7. The molecule has 0 fully saturated rings. The van der Waals surface area contributed by atoms with Crippen molar-refractivity contribution in [3.63, 3.8) is 0 Å². The number of hydrogen-bond donors (Lipinski definition) is 1. The van der Waals surface area contributed by atoms with E-state index >= 15 is 0 Å².